The fourth-order valence-electron chi connectivity index (χ4n) is 1.36. The number of carbonyl (C=O) groups is 1. The van der Waals surface area contributed by atoms with Gasteiger partial charge in [-0.15, -0.1) is 11.3 Å². The van der Waals surface area contributed by atoms with E-state index in [2.05, 4.69) is 0 Å². The first kappa shape index (κ1) is 19.8. The number of carbonyl (C=O) groups excluding carboxylic acids is 1. The first-order valence-corrected chi connectivity index (χ1v) is 7.27. The summed E-state index contributed by atoms with van der Waals surface area (Å²) in [4.78, 5) is 10.9. The summed E-state index contributed by atoms with van der Waals surface area (Å²) < 4.78 is 17.9. The van der Waals surface area contributed by atoms with Crippen molar-refractivity contribution >= 4 is 27.9 Å². The van der Waals surface area contributed by atoms with Crippen LogP contribution in [0.3, 0.4) is 0 Å². The molecule has 0 aliphatic rings. The molecule has 0 saturated carbocycles. The van der Waals surface area contributed by atoms with Crippen LogP contribution in [0.25, 0.3) is 0 Å². The highest BCUT2D eigenvalue weighted by Gasteiger charge is 2.13. The molecule has 0 fully saturated rings. The molecule has 0 aliphatic carbocycles. The number of ether oxygens (including phenoxy) is 1. The molecule has 18 heavy (non-hydrogen) atoms. The molecule has 1 aromatic heterocycles. The maximum atomic E-state index is 11.8. The summed E-state index contributed by atoms with van der Waals surface area (Å²) in [7, 11) is 0.623. The van der Waals surface area contributed by atoms with Gasteiger partial charge in [-0.2, -0.15) is 0 Å². The molecule has 0 spiro atoms. The quantitative estimate of drug-likeness (QED) is 0.772. The van der Waals surface area contributed by atoms with Gasteiger partial charge in [0, 0.05) is 19.3 Å². The van der Waals surface area contributed by atoms with Crippen molar-refractivity contribution in [3.05, 3.63) is 17.5 Å². The van der Waals surface area contributed by atoms with Crippen LogP contribution >= 0.6 is 11.3 Å². The molecule has 1 aromatic rings. The third kappa shape index (κ3) is 7.03. The molecule has 0 aliphatic heterocycles. The molecule has 0 radical (unpaired) electrons. The van der Waals surface area contributed by atoms with E-state index in [1.54, 1.807) is 14.0 Å². The summed E-state index contributed by atoms with van der Waals surface area (Å²) in [6.07, 6.45) is 0.944. The van der Waals surface area contributed by atoms with E-state index in [0.717, 1.165) is 4.21 Å². The lowest BCUT2D eigenvalue weighted by Crippen LogP contribution is -2.17. The van der Waals surface area contributed by atoms with Crippen LogP contribution in [0.2, 0.25) is 0 Å². The Hall–Kier alpha value is -0.520. The second kappa shape index (κ2) is 10.4. The van der Waals surface area contributed by atoms with E-state index >= 15 is 0 Å². The lowest BCUT2D eigenvalue weighted by atomic mass is 10.1. The van der Waals surface area contributed by atoms with Crippen LogP contribution < -0.4 is 0 Å². The van der Waals surface area contributed by atoms with Crippen molar-refractivity contribution in [1.29, 1.82) is 0 Å². The Morgan fingerprint density at radius 3 is 2.61 bits per heavy atom. The fourth-order valence-corrected chi connectivity index (χ4v) is 3.56. The van der Waals surface area contributed by atoms with Gasteiger partial charge in [0.05, 0.1) is 21.1 Å². The second-order valence-corrected chi connectivity index (χ2v) is 6.28. The van der Waals surface area contributed by atoms with E-state index in [-0.39, 0.29) is 26.7 Å². The monoisotopic (exact) mass is 292 g/mol. The maximum Gasteiger partial charge on any atom is 0.132 e. The average molecular weight is 292 g/mol. The van der Waals surface area contributed by atoms with Crippen LogP contribution in [0.1, 0.15) is 34.6 Å². The Bertz CT molecular complexity index is 347. The van der Waals surface area contributed by atoms with Gasteiger partial charge >= 0.3 is 0 Å². The number of hydrogen-bond donors (Lipinski definition) is 0. The zero-order valence-electron chi connectivity index (χ0n) is 9.47. The van der Waals surface area contributed by atoms with Gasteiger partial charge in [0.2, 0.25) is 0 Å². The molecular formula is C13H24O3S2. The van der Waals surface area contributed by atoms with Crippen molar-refractivity contribution in [1.82, 2.24) is 0 Å². The van der Waals surface area contributed by atoms with Crippen molar-refractivity contribution in [3.63, 3.8) is 0 Å². The predicted octanol–water partition coefficient (Wildman–Crippen LogP) is 3.51. The SMILES string of the molecule is C.C.COC(CCS(=O)c1cccs1)CC(C)=O. The summed E-state index contributed by atoms with van der Waals surface area (Å²) in [6.45, 7) is 1.54. The number of methoxy groups -OCH3 is 1. The van der Waals surface area contributed by atoms with E-state index in [1.165, 1.54) is 11.3 Å². The van der Waals surface area contributed by atoms with Gasteiger partial charge in [-0.05, 0) is 24.8 Å². The molecule has 0 aromatic carbocycles. The van der Waals surface area contributed by atoms with Crippen LogP contribution in [0.4, 0.5) is 0 Å². The average Bonchev–Trinajstić information content (AvgIpc) is 2.76. The molecular weight excluding hydrogens is 268 g/mol. The number of hydrogen-bond acceptors (Lipinski definition) is 4. The highest BCUT2D eigenvalue weighted by Crippen LogP contribution is 2.16. The molecule has 106 valence electrons. The number of thiophene rings is 1. The molecule has 2 unspecified atom stereocenters. The van der Waals surface area contributed by atoms with Crippen LogP contribution in [0.15, 0.2) is 21.7 Å². The molecule has 0 saturated heterocycles. The number of ketones is 1. The smallest absolute Gasteiger partial charge is 0.132 e. The molecule has 2 atom stereocenters. The lowest BCUT2D eigenvalue weighted by Gasteiger charge is -2.12. The van der Waals surface area contributed by atoms with Crippen LogP contribution in [0, 0.1) is 0 Å². The van der Waals surface area contributed by atoms with Crippen LogP contribution in [-0.2, 0) is 20.3 Å². The Labute approximate surface area is 117 Å². The van der Waals surface area contributed by atoms with Gasteiger partial charge in [0.25, 0.3) is 0 Å². The third-order valence-electron chi connectivity index (χ3n) is 2.19. The van der Waals surface area contributed by atoms with E-state index < -0.39 is 10.8 Å². The Kier molecular flexibility index (Phi) is 11.5. The van der Waals surface area contributed by atoms with Crippen molar-refractivity contribution in [2.24, 2.45) is 0 Å². The largest absolute Gasteiger partial charge is 0.381 e. The Balaban J connectivity index is 0. The van der Waals surface area contributed by atoms with E-state index in [9.17, 15) is 9.00 Å². The molecule has 1 heterocycles. The highest BCUT2D eigenvalue weighted by atomic mass is 32.2. The van der Waals surface area contributed by atoms with Crippen LogP contribution in [-0.4, -0.2) is 29.0 Å². The van der Waals surface area contributed by atoms with Gasteiger partial charge in [0.1, 0.15) is 5.78 Å². The van der Waals surface area contributed by atoms with E-state index in [4.69, 9.17) is 4.74 Å². The fraction of sp³-hybridized carbons (Fsp3) is 0.615. The van der Waals surface area contributed by atoms with Crippen molar-refractivity contribution in [3.8, 4) is 0 Å². The summed E-state index contributed by atoms with van der Waals surface area (Å²) in [5.41, 5.74) is 0. The van der Waals surface area contributed by atoms with Gasteiger partial charge in [-0.3, -0.25) is 9.00 Å². The third-order valence-corrected chi connectivity index (χ3v) is 4.89. The van der Waals surface area contributed by atoms with Crippen molar-refractivity contribution in [2.45, 2.75) is 44.9 Å². The molecule has 3 nitrogen and oxygen atoms in total. The zero-order valence-corrected chi connectivity index (χ0v) is 11.1. The Morgan fingerprint density at radius 2 is 2.17 bits per heavy atom. The molecule has 0 N–H and O–H groups in total. The first-order valence-electron chi connectivity index (χ1n) is 5.07. The highest BCUT2D eigenvalue weighted by molar-refractivity contribution is 7.87. The van der Waals surface area contributed by atoms with Crippen LogP contribution in [0.5, 0.6) is 0 Å². The van der Waals surface area contributed by atoms with Crippen molar-refractivity contribution < 1.29 is 13.7 Å². The summed E-state index contributed by atoms with van der Waals surface area (Å²) in [5.74, 6) is 0.653. The minimum Gasteiger partial charge on any atom is -0.381 e. The summed E-state index contributed by atoms with van der Waals surface area (Å²) in [6, 6.07) is 3.76. The van der Waals surface area contributed by atoms with Gasteiger partial charge in [-0.1, -0.05) is 20.9 Å². The second-order valence-electron chi connectivity index (χ2n) is 3.53. The van der Waals surface area contributed by atoms with Crippen molar-refractivity contribution in [2.75, 3.05) is 12.9 Å². The van der Waals surface area contributed by atoms with Gasteiger partial charge < -0.3 is 4.74 Å². The number of Topliss-reactive ketones (excluding diaryl/α,β-unsaturated/α-hetero) is 1. The standard InChI is InChI=1S/C11H16O3S2.2CH4/c1-9(12)8-10(14-2)5-7-16(13)11-4-3-6-15-11;;/h3-4,6,10H,5,7-8H2,1-2H3;2*1H4. The molecule has 1 rings (SSSR count). The molecule has 5 heteroatoms. The minimum atomic E-state index is -0.962. The molecule has 0 bridgehead atoms. The minimum absolute atomic E-state index is 0. The zero-order chi connectivity index (χ0) is 12.0. The predicted molar refractivity (Wildman–Crippen MR) is 79.8 cm³/mol. The van der Waals surface area contributed by atoms with E-state index in [0.29, 0.717) is 18.6 Å². The summed E-state index contributed by atoms with van der Waals surface area (Å²) in [5, 5.41) is 1.91. The van der Waals surface area contributed by atoms with Gasteiger partial charge in [-0.25, -0.2) is 0 Å². The lowest BCUT2D eigenvalue weighted by molar-refractivity contribution is -0.119. The molecule has 0 amide bonds. The van der Waals surface area contributed by atoms with E-state index in [1.807, 2.05) is 17.5 Å². The normalized spacial score (nSPS) is 13.0. The first-order chi connectivity index (χ1) is 7.63. The summed E-state index contributed by atoms with van der Waals surface area (Å²) >= 11 is 1.50. The maximum absolute atomic E-state index is 11.8. The topological polar surface area (TPSA) is 43.4 Å². The van der Waals surface area contributed by atoms with Gasteiger partial charge in [0.15, 0.2) is 0 Å². The Morgan fingerprint density at radius 1 is 1.50 bits per heavy atom. The number of rotatable bonds is 7.